The molecule has 0 bridgehead atoms. The van der Waals surface area contributed by atoms with E-state index in [9.17, 15) is 0 Å². The highest BCUT2D eigenvalue weighted by molar-refractivity contribution is 6.38. The fourth-order valence-electron chi connectivity index (χ4n) is 6.95. The van der Waals surface area contributed by atoms with E-state index in [1.165, 1.54) is 91.7 Å². The van der Waals surface area contributed by atoms with Crippen LogP contribution in [0, 0.1) is 6.92 Å². The number of benzene rings is 7. The Kier molecular flexibility index (Phi) is 3.07. The van der Waals surface area contributed by atoms with E-state index in [1.807, 2.05) is 0 Å². The lowest BCUT2D eigenvalue weighted by Crippen LogP contribution is -1.85. The molecule has 0 atom stereocenters. The fourth-order valence-corrected chi connectivity index (χ4v) is 6.95. The number of aryl methyl sites for hydroxylation is 1. The van der Waals surface area contributed by atoms with Crippen molar-refractivity contribution in [2.75, 3.05) is 0 Å². The van der Waals surface area contributed by atoms with Gasteiger partial charge in [-0.25, -0.2) is 0 Å². The minimum Gasteiger partial charge on any atom is -0.0616 e. The predicted molar refractivity (Wildman–Crippen MR) is 154 cm³/mol. The Morgan fingerprint density at radius 1 is 0.314 bits per heavy atom. The molecule has 0 N–H and O–H groups in total. The standard InChI is InChI=1S/C35H20/c1-19-15-28-26-14-6-13-23-21-9-2-3-10-22(21)33(35(23)26)18-32(28)31-17-30-25-12-5-8-20-7-4-11-24(34(20)25)29(30)16-27(19)31/h2-18H,1H3. The summed E-state index contributed by atoms with van der Waals surface area (Å²) in [5.41, 5.74) is 1.34. The third-order valence-electron chi connectivity index (χ3n) is 8.43. The number of fused-ring (bicyclic) bond motifs is 10. The van der Waals surface area contributed by atoms with Gasteiger partial charge in [-0.1, -0.05) is 84.9 Å². The summed E-state index contributed by atoms with van der Waals surface area (Å²) in [6.45, 7) is 2.27. The lowest BCUT2D eigenvalue weighted by Gasteiger charge is -2.12. The van der Waals surface area contributed by atoms with Gasteiger partial charge in [0.2, 0.25) is 0 Å². The molecule has 9 aromatic rings. The van der Waals surface area contributed by atoms with Gasteiger partial charge in [0.1, 0.15) is 0 Å². The van der Waals surface area contributed by atoms with Crippen LogP contribution in [0.25, 0.3) is 86.2 Å². The van der Waals surface area contributed by atoms with Crippen molar-refractivity contribution in [3.63, 3.8) is 0 Å². The molecule has 0 aromatic heterocycles. The van der Waals surface area contributed by atoms with Gasteiger partial charge in [0.25, 0.3) is 0 Å². The Hall–Kier alpha value is -4.42. The molecule has 0 saturated carbocycles. The highest BCUT2D eigenvalue weighted by atomic mass is 14.2. The molecule has 0 aliphatic rings. The Labute approximate surface area is 201 Å². The summed E-state index contributed by atoms with van der Waals surface area (Å²) in [6, 6.07) is 38.9. The molecule has 0 radical (unpaired) electrons. The number of rotatable bonds is 0. The first-order valence-electron chi connectivity index (χ1n) is 12.4. The SMILES string of the molecule is Cc1cc2c(cc3c4ccccc4c4cccc2c43)c2cc3c(cc12)c1cccc2cccc3c21. The summed E-state index contributed by atoms with van der Waals surface area (Å²) in [6.07, 6.45) is 0. The Morgan fingerprint density at radius 2 is 0.743 bits per heavy atom. The number of hydrogen-bond donors (Lipinski definition) is 0. The van der Waals surface area contributed by atoms with E-state index in [2.05, 4.69) is 110 Å². The van der Waals surface area contributed by atoms with E-state index in [4.69, 9.17) is 0 Å². The van der Waals surface area contributed by atoms with E-state index in [0.29, 0.717) is 0 Å². The van der Waals surface area contributed by atoms with E-state index >= 15 is 0 Å². The molecule has 0 heteroatoms. The van der Waals surface area contributed by atoms with Crippen LogP contribution in [0.3, 0.4) is 0 Å². The molecule has 0 unspecified atom stereocenters. The zero-order valence-corrected chi connectivity index (χ0v) is 19.3. The Balaban J connectivity index is 1.57. The van der Waals surface area contributed by atoms with Crippen molar-refractivity contribution in [1.82, 2.24) is 0 Å². The van der Waals surface area contributed by atoms with Gasteiger partial charge in [-0.3, -0.25) is 0 Å². The molecule has 0 aliphatic heterocycles. The molecule has 0 saturated heterocycles. The van der Waals surface area contributed by atoms with Crippen LogP contribution in [0.1, 0.15) is 5.56 Å². The molecule has 0 aliphatic carbocycles. The van der Waals surface area contributed by atoms with Crippen molar-refractivity contribution >= 4 is 86.2 Å². The molecule has 9 rings (SSSR count). The molecule has 0 heterocycles. The average molecular weight is 441 g/mol. The summed E-state index contributed by atoms with van der Waals surface area (Å²) in [4.78, 5) is 0. The second-order valence-electron chi connectivity index (χ2n) is 10.1. The van der Waals surface area contributed by atoms with Crippen LogP contribution in [-0.4, -0.2) is 0 Å². The minimum atomic E-state index is 1.32. The van der Waals surface area contributed by atoms with Gasteiger partial charge in [-0.15, -0.1) is 0 Å². The van der Waals surface area contributed by atoms with E-state index in [-0.39, 0.29) is 0 Å². The molecule has 0 spiro atoms. The van der Waals surface area contributed by atoms with E-state index < -0.39 is 0 Å². The van der Waals surface area contributed by atoms with Crippen molar-refractivity contribution in [3.8, 4) is 0 Å². The molecule has 0 fully saturated rings. The van der Waals surface area contributed by atoms with Gasteiger partial charge in [-0.05, 0) is 117 Å². The maximum Gasteiger partial charge on any atom is -0.00199 e. The monoisotopic (exact) mass is 440 g/mol. The third kappa shape index (κ3) is 2.06. The van der Waals surface area contributed by atoms with Crippen LogP contribution >= 0.6 is 0 Å². The summed E-state index contributed by atoms with van der Waals surface area (Å²) < 4.78 is 0. The average Bonchev–Trinajstić information content (AvgIpc) is 3.40. The lowest BCUT2D eigenvalue weighted by molar-refractivity contribution is 1.57. The first-order valence-corrected chi connectivity index (χ1v) is 12.4. The largest absolute Gasteiger partial charge is 0.0616 e. The first-order chi connectivity index (χ1) is 17.3. The minimum absolute atomic E-state index is 1.32. The predicted octanol–water partition coefficient (Wildman–Crippen LogP) is 10.1. The maximum absolute atomic E-state index is 2.47. The van der Waals surface area contributed by atoms with Crippen molar-refractivity contribution in [3.05, 3.63) is 109 Å². The van der Waals surface area contributed by atoms with Crippen LogP contribution in [-0.2, 0) is 0 Å². The third-order valence-corrected chi connectivity index (χ3v) is 8.43. The Morgan fingerprint density at radius 3 is 1.46 bits per heavy atom. The molecule has 0 amide bonds. The van der Waals surface area contributed by atoms with Gasteiger partial charge in [-0.2, -0.15) is 0 Å². The molecular formula is C35H20. The van der Waals surface area contributed by atoms with Gasteiger partial charge in [0, 0.05) is 0 Å². The molecule has 35 heavy (non-hydrogen) atoms. The van der Waals surface area contributed by atoms with Crippen LogP contribution in [0.5, 0.6) is 0 Å². The smallest absolute Gasteiger partial charge is 0.00199 e. The number of hydrogen-bond acceptors (Lipinski definition) is 0. The second kappa shape index (κ2) is 5.98. The van der Waals surface area contributed by atoms with Gasteiger partial charge < -0.3 is 0 Å². The molecule has 160 valence electrons. The van der Waals surface area contributed by atoms with Crippen molar-refractivity contribution in [2.45, 2.75) is 6.92 Å². The van der Waals surface area contributed by atoms with Crippen molar-refractivity contribution < 1.29 is 0 Å². The highest BCUT2D eigenvalue weighted by Crippen LogP contribution is 2.46. The van der Waals surface area contributed by atoms with Crippen molar-refractivity contribution in [1.29, 1.82) is 0 Å². The molecule has 9 aromatic carbocycles. The van der Waals surface area contributed by atoms with Gasteiger partial charge in [0.15, 0.2) is 0 Å². The van der Waals surface area contributed by atoms with Gasteiger partial charge in [0.05, 0.1) is 0 Å². The summed E-state index contributed by atoms with van der Waals surface area (Å²) in [5, 5.41) is 21.8. The zero-order chi connectivity index (χ0) is 22.8. The zero-order valence-electron chi connectivity index (χ0n) is 19.3. The second-order valence-corrected chi connectivity index (χ2v) is 10.1. The van der Waals surface area contributed by atoms with Crippen LogP contribution < -0.4 is 0 Å². The molecule has 0 nitrogen and oxygen atoms in total. The summed E-state index contributed by atoms with van der Waals surface area (Å²) in [5.74, 6) is 0. The van der Waals surface area contributed by atoms with Gasteiger partial charge >= 0.3 is 0 Å². The van der Waals surface area contributed by atoms with Crippen LogP contribution in [0.15, 0.2) is 103 Å². The van der Waals surface area contributed by atoms with E-state index in [0.717, 1.165) is 0 Å². The molecular weight excluding hydrogens is 420 g/mol. The van der Waals surface area contributed by atoms with Crippen LogP contribution in [0.4, 0.5) is 0 Å². The quantitative estimate of drug-likeness (QED) is 0.206. The first kappa shape index (κ1) is 18.0. The van der Waals surface area contributed by atoms with Crippen LogP contribution in [0.2, 0.25) is 0 Å². The maximum atomic E-state index is 2.47. The fraction of sp³-hybridized carbons (Fsp3) is 0.0286. The lowest BCUT2D eigenvalue weighted by atomic mass is 9.91. The summed E-state index contributed by atoms with van der Waals surface area (Å²) >= 11 is 0. The van der Waals surface area contributed by atoms with E-state index in [1.54, 1.807) is 0 Å². The topological polar surface area (TPSA) is 0 Å². The highest BCUT2D eigenvalue weighted by Gasteiger charge is 2.18. The Bertz CT molecular complexity index is 2310. The normalized spacial score (nSPS) is 12.7. The summed E-state index contributed by atoms with van der Waals surface area (Å²) in [7, 11) is 0. The van der Waals surface area contributed by atoms with Crippen molar-refractivity contribution in [2.24, 2.45) is 0 Å².